The van der Waals surface area contributed by atoms with Gasteiger partial charge in [0.05, 0.1) is 17.7 Å². The molecule has 4 rings (SSSR count). The van der Waals surface area contributed by atoms with Crippen LogP contribution in [0.3, 0.4) is 0 Å². The topological polar surface area (TPSA) is 113 Å². The largest absolute Gasteiger partial charge is 0.385 e. The van der Waals surface area contributed by atoms with Crippen molar-refractivity contribution in [2.75, 3.05) is 43.6 Å². The van der Waals surface area contributed by atoms with Gasteiger partial charge in [0.25, 0.3) is 5.91 Å². The number of nitrogens with one attached hydrogen (secondary N) is 3. The highest BCUT2D eigenvalue weighted by Gasteiger charge is 2.27. The Kier molecular flexibility index (Phi) is 7.38. The lowest BCUT2D eigenvalue weighted by molar-refractivity contribution is -0.115. The van der Waals surface area contributed by atoms with Crippen molar-refractivity contribution in [2.24, 2.45) is 0 Å². The van der Waals surface area contributed by atoms with Gasteiger partial charge in [-0.25, -0.2) is 9.78 Å². The number of rotatable bonds is 9. The third-order valence-corrected chi connectivity index (χ3v) is 7.55. The molecule has 3 heterocycles. The van der Waals surface area contributed by atoms with Crippen LogP contribution in [0.2, 0.25) is 0 Å². The van der Waals surface area contributed by atoms with E-state index >= 15 is 0 Å². The predicted molar refractivity (Wildman–Crippen MR) is 125 cm³/mol. The first-order chi connectivity index (χ1) is 15.6. The maximum Gasteiger partial charge on any atom is 0.323 e. The number of methoxy groups -OCH3 is 1. The van der Waals surface area contributed by atoms with E-state index in [1.807, 2.05) is 0 Å². The molecule has 0 spiro atoms. The smallest absolute Gasteiger partial charge is 0.323 e. The number of hydrogen-bond donors (Lipinski definition) is 3. The predicted octanol–water partition coefficient (Wildman–Crippen LogP) is 2.56. The molecule has 0 saturated carbocycles. The van der Waals surface area contributed by atoms with E-state index in [2.05, 4.69) is 20.9 Å². The molecule has 2 aromatic heterocycles. The molecule has 2 aliphatic rings. The minimum atomic E-state index is -0.222. The van der Waals surface area contributed by atoms with Gasteiger partial charge in [0.15, 0.2) is 5.13 Å². The van der Waals surface area contributed by atoms with Crippen LogP contribution < -0.4 is 20.9 Å². The summed E-state index contributed by atoms with van der Waals surface area (Å²) >= 11 is 2.85. The number of urea groups is 1. The minimum Gasteiger partial charge on any atom is -0.385 e. The Labute approximate surface area is 194 Å². The van der Waals surface area contributed by atoms with Crippen LogP contribution in [0.1, 0.15) is 45.8 Å². The monoisotopic (exact) mass is 477 g/mol. The lowest BCUT2D eigenvalue weighted by atomic mass is 9.95. The van der Waals surface area contributed by atoms with Crippen molar-refractivity contribution >= 4 is 50.7 Å². The molecular weight excluding hydrogens is 450 g/mol. The second kappa shape index (κ2) is 10.4. The Morgan fingerprint density at radius 1 is 1.31 bits per heavy atom. The maximum absolute atomic E-state index is 12.9. The summed E-state index contributed by atoms with van der Waals surface area (Å²) in [6, 6.07) is -0.166. The van der Waals surface area contributed by atoms with Crippen LogP contribution in [0, 0.1) is 0 Å². The quantitative estimate of drug-likeness (QED) is 0.481. The standard InChI is InChI=1S/C21H27N5O4S2/c1-30-10-4-7-22-18(28)17-14-5-2-3-6-15(14)32-19(17)25-16(27)11-13-12-31-21(24-13)26-9-8-23-20(26)29/h12H,2-11H2,1H3,(H,22,28)(H,23,29)(H,25,27). The lowest BCUT2D eigenvalue weighted by Crippen LogP contribution is -2.28. The molecule has 0 aromatic carbocycles. The summed E-state index contributed by atoms with van der Waals surface area (Å²) in [6.45, 7) is 2.27. The second-order valence-corrected chi connectivity index (χ2v) is 9.69. The van der Waals surface area contributed by atoms with E-state index in [0.29, 0.717) is 47.6 Å². The van der Waals surface area contributed by atoms with Gasteiger partial charge in [0.2, 0.25) is 5.91 Å². The molecule has 0 bridgehead atoms. The number of anilines is 2. The Hall–Kier alpha value is -2.50. The highest BCUT2D eigenvalue weighted by molar-refractivity contribution is 7.17. The number of carbonyl (C=O) groups is 3. The molecule has 0 atom stereocenters. The van der Waals surface area contributed by atoms with Gasteiger partial charge in [-0.15, -0.1) is 22.7 Å². The van der Waals surface area contributed by atoms with Crippen LogP contribution in [0.25, 0.3) is 0 Å². The zero-order chi connectivity index (χ0) is 22.5. The van der Waals surface area contributed by atoms with Crippen LogP contribution in [-0.4, -0.2) is 56.2 Å². The van der Waals surface area contributed by atoms with E-state index < -0.39 is 0 Å². The molecular formula is C21H27N5O4S2. The van der Waals surface area contributed by atoms with Gasteiger partial charge in [-0.1, -0.05) is 0 Å². The highest BCUT2D eigenvalue weighted by Crippen LogP contribution is 2.38. The zero-order valence-corrected chi connectivity index (χ0v) is 19.6. The Bertz CT molecular complexity index is 1000. The van der Waals surface area contributed by atoms with E-state index in [-0.39, 0.29) is 24.3 Å². The van der Waals surface area contributed by atoms with Crippen LogP contribution in [0.15, 0.2) is 5.38 Å². The third-order valence-electron chi connectivity index (χ3n) is 5.43. The van der Waals surface area contributed by atoms with E-state index in [1.165, 1.54) is 27.6 Å². The number of aromatic nitrogens is 1. The Morgan fingerprint density at radius 2 is 2.16 bits per heavy atom. The fourth-order valence-electron chi connectivity index (χ4n) is 3.89. The van der Waals surface area contributed by atoms with Gasteiger partial charge in [-0.2, -0.15) is 0 Å². The average Bonchev–Trinajstić information content (AvgIpc) is 3.49. The van der Waals surface area contributed by atoms with E-state index in [0.717, 1.165) is 37.7 Å². The number of nitrogens with zero attached hydrogens (tertiary/aromatic N) is 2. The van der Waals surface area contributed by atoms with Crippen molar-refractivity contribution in [3.05, 3.63) is 27.1 Å². The number of hydrogen-bond acceptors (Lipinski definition) is 7. The molecule has 1 fully saturated rings. The first kappa shape index (κ1) is 22.7. The first-order valence-corrected chi connectivity index (χ1v) is 12.5. The molecule has 32 heavy (non-hydrogen) atoms. The van der Waals surface area contributed by atoms with E-state index in [1.54, 1.807) is 17.4 Å². The first-order valence-electron chi connectivity index (χ1n) is 10.8. The van der Waals surface area contributed by atoms with Gasteiger partial charge >= 0.3 is 6.03 Å². The summed E-state index contributed by atoms with van der Waals surface area (Å²) in [5.74, 6) is -0.369. The Morgan fingerprint density at radius 3 is 2.94 bits per heavy atom. The van der Waals surface area contributed by atoms with Gasteiger partial charge < -0.3 is 20.7 Å². The van der Waals surface area contributed by atoms with E-state index in [9.17, 15) is 14.4 Å². The maximum atomic E-state index is 12.9. The SMILES string of the molecule is COCCCNC(=O)c1c(NC(=O)Cc2csc(N3CCNC3=O)n2)sc2c1CCCC2. The minimum absolute atomic E-state index is 0.0867. The van der Waals surface area contributed by atoms with Gasteiger partial charge in [-0.3, -0.25) is 14.5 Å². The highest BCUT2D eigenvalue weighted by atomic mass is 32.1. The fourth-order valence-corrected chi connectivity index (χ4v) is 6.04. The normalized spacial score (nSPS) is 15.4. The molecule has 2 aromatic rings. The summed E-state index contributed by atoms with van der Waals surface area (Å²) < 4.78 is 5.04. The summed E-state index contributed by atoms with van der Waals surface area (Å²) in [4.78, 5) is 44.7. The molecule has 0 radical (unpaired) electrons. The lowest BCUT2D eigenvalue weighted by Gasteiger charge is -2.13. The number of ether oxygens (including phenoxy) is 1. The van der Waals surface area contributed by atoms with Crippen LogP contribution in [-0.2, 0) is 28.8 Å². The summed E-state index contributed by atoms with van der Waals surface area (Å²) in [5, 5.41) is 11.6. The van der Waals surface area contributed by atoms with Crippen molar-refractivity contribution in [1.29, 1.82) is 0 Å². The number of aryl methyl sites for hydroxylation is 1. The molecule has 4 amide bonds. The molecule has 11 heteroatoms. The van der Waals surface area contributed by atoms with Crippen molar-refractivity contribution in [1.82, 2.24) is 15.6 Å². The summed E-state index contributed by atoms with van der Waals surface area (Å²) in [5.41, 5.74) is 2.27. The van der Waals surface area contributed by atoms with Crippen molar-refractivity contribution in [3.63, 3.8) is 0 Å². The fraction of sp³-hybridized carbons (Fsp3) is 0.524. The molecule has 9 nitrogen and oxygen atoms in total. The molecule has 0 unspecified atom stereocenters. The van der Waals surface area contributed by atoms with Gasteiger partial charge in [0, 0.05) is 43.6 Å². The Balaban J connectivity index is 1.44. The number of carbonyl (C=O) groups excluding carboxylic acids is 3. The summed E-state index contributed by atoms with van der Waals surface area (Å²) in [7, 11) is 1.63. The van der Waals surface area contributed by atoms with E-state index in [4.69, 9.17) is 4.74 Å². The zero-order valence-electron chi connectivity index (χ0n) is 18.0. The molecule has 1 saturated heterocycles. The second-order valence-electron chi connectivity index (χ2n) is 7.75. The van der Waals surface area contributed by atoms with Crippen molar-refractivity contribution in [3.8, 4) is 0 Å². The molecule has 172 valence electrons. The molecule has 3 N–H and O–H groups in total. The van der Waals surface area contributed by atoms with Gasteiger partial charge in [-0.05, 0) is 37.7 Å². The number of amides is 4. The van der Waals surface area contributed by atoms with Gasteiger partial charge in [0.1, 0.15) is 5.00 Å². The van der Waals surface area contributed by atoms with Crippen LogP contribution in [0.5, 0.6) is 0 Å². The number of thiazole rings is 1. The molecule has 1 aliphatic carbocycles. The summed E-state index contributed by atoms with van der Waals surface area (Å²) in [6.07, 6.45) is 4.76. The number of fused-ring (bicyclic) bond motifs is 1. The average molecular weight is 478 g/mol. The third kappa shape index (κ3) is 5.11. The van der Waals surface area contributed by atoms with Crippen LogP contribution in [0.4, 0.5) is 14.9 Å². The molecule has 1 aliphatic heterocycles. The number of thiophene rings is 1. The van der Waals surface area contributed by atoms with Crippen molar-refractivity contribution in [2.45, 2.75) is 38.5 Å². The van der Waals surface area contributed by atoms with Crippen molar-refractivity contribution < 1.29 is 19.1 Å². The van der Waals surface area contributed by atoms with Crippen LogP contribution >= 0.6 is 22.7 Å².